The summed E-state index contributed by atoms with van der Waals surface area (Å²) in [5.41, 5.74) is 0.269. The third kappa shape index (κ3) is 8.79. The lowest BCUT2D eigenvalue weighted by Crippen LogP contribution is -2.52. The minimum atomic E-state index is -1.13. The van der Waals surface area contributed by atoms with Crippen molar-refractivity contribution >= 4 is 17.8 Å². The van der Waals surface area contributed by atoms with E-state index in [9.17, 15) is 23.9 Å². The molecule has 0 unspecified atom stereocenters. The van der Waals surface area contributed by atoms with Crippen molar-refractivity contribution in [2.45, 2.75) is 64.0 Å². The molecule has 154 valence electrons. The average Bonchev–Trinajstić information content (AvgIpc) is 2.64. The van der Waals surface area contributed by atoms with Gasteiger partial charge in [-0.1, -0.05) is 43.5 Å². The average molecular weight is 392 g/mol. The Morgan fingerprint density at radius 3 is 2.39 bits per heavy atom. The van der Waals surface area contributed by atoms with Crippen molar-refractivity contribution in [1.29, 1.82) is 0 Å². The number of nitrogens with one attached hydrogen (secondary N) is 2. The zero-order chi connectivity index (χ0) is 20.9. The summed E-state index contributed by atoms with van der Waals surface area (Å²) in [6.45, 7) is 4.91. The number of aliphatic carboxylic acids is 1. The summed E-state index contributed by atoms with van der Waals surface area (Å²) in [5, 5.41) is 14.3. The van der Waals surface area contributed by atoms with Gasteiger partial charge < -0.3 is 15.7 Å². The van der Waals surface area contributed by atoms with Crippen LogP contribution in [-0.4, -0.2) is 35.0 Å². The molecule has 0 aliphatic heterocycles. The molecule has 0 aliphatic carbocycles. The molecule has 1 rings (SSSR count). The number of amides is 2. The maximum absolute atomic E-state index is 13.9. The highest BCUT2D eigenvalue weighted by atomic mass is 19.1. The fraction of sp³-hybridized carbons (Fsp3) is 0.476. The molecule has 1 aromatic carbocycles. The van der Waals surface area contributed by atoms with Gasteiger partial charge in [-0.25, -0.2) is 9.18 Å². The van der Waals surface area contributed by atoms with Gasteiger partial charge in [-0.05, 0) is 30.9 Å². The first-order valence-corrected chi connectivity index (χ1v) is 9.49. The summed E-state index contributed by atoms with van der Waals surface area (Å²) in [4.78, 5) is 35.5. The van der Waals surface area contributed by atoms with E-state index in [0.717, 1.165) is 25.7 Å². The quantitative estimate of drug-likeness (QED) is 0.355. The summed E-state index contributed by atoms with van der Waals surface area (Å²) in [6.07, 6.45) is 6.48. The SMILES string of the molecule is C=CCCCCCC[C@H](NC(=O)[C@@H](Cc1ccccc1F)NC(C)=O)C(=O)O. The minimum absolute atomic E-state index is 0.0635. The van der Waals surface area contributed by atoms with Crippen LogP contribution in [0.4, 0.5) is 4.39 Å². The number of benzene rings is 1. The predicted octanol–water partition coefficient (Wildman–Crippen LogP) is 2.97. The van der Waals surface area contributed by atoms with E-state index < -0.39 is 35.7 Å². The molecule has 1 aromatic rings. The van der Waals surface area contributed by atoms with E-state index in [1.807, 2.05) is 6.08 Å². The van der Waals surface area contributed by atoms with Crippen LogP contribution in [0.1, 0.15) is 51.0 Å². The number of hydrogen-bond donors (Lipinski definition) is 3. The highest BCUT2D eigenvalue weighted by molar-refractivity contribution is 5.90. The molecule has 0 saturated carbocycles. The first kappa shape index (κ1) is 23.3. The highest BCUT2D eigenvalue weighted by Gasteiger charge is 2.26. The van der Waals surface area contributed by atoms with E-state index >= 15 is 0 Å². The number of carbonyl (C=O) groups is 3. The molecule has 2 atom stereocenters. The van der Waals surface area contributed by atoms with Gasteiger partial charge in [0.2, 0.25) is 11.8 Å². The normalized spacial score (nSPS) is 12.6. The summed E-state index contributed by atoms with van der Waals surface area (Å²) in [5.74, 6) is -2.71. The molecule has 0 aliphatic rings. The van der Waals surface area contributed by atoms with Gasteiger partial charge in [0.25, 0.3) is 0 Å². The number of halogens is 1. The number of carbonyl (C=O) groups excluding carboxylic acids is 2. The molecule has 28 heavy (non-hydrogen) atoms. The van der Waals surface area contributed by atoms with Crippen molar-refractivity contribution in [1.82, 2.24) is 10.6 Å². The van der Waals surface area contributed by atoms with E-state index in [4.69, 9.17) is 0 Å². The van der Waals surface area contributed by atoms with Crippen molar-refractivity contribution in [2.75, 3.05) is 0 Å². The van der Waals surface area contributed by atoms with Crippen LogP contribution in [0, 0.1) is 5.82 Å². The third-order valence-electron chi connectivity index (χ3n) is 4.34. The van der Waals surface area contributed by atoms with Gasteiger partial charge in [0.15, 0.2) is 0 Å². The van der Waals surface area contributed by atoms with Crippen molar-refractivity contribution in [3.63, 3.8) is 0 Å². The topological polar surface area (TPSA) is 95.5 Å². The molecule has 0 spiro atoms. The van der Waals surface area contributed by atoms with E-state index in [1.165, 1.54) is 25.1 Å². The third-order valence-corrected chi connectivity index (χ3v) is 4.34. The van der Waals surface area contributed by atoms with Crippen LogP contribution < -0.4 is 10.6 Å². The second-order valence-corrected chi connectivity index (χ2v) is 6.73. The molecule has 3 N–H and O–H groups in total. The van der Waals surface area contributed by atoms with E-state index in [-0.39, 0.29) is 12.0 Å². The molecule has 0 aromatic heterocycles. The van der Waals surface area contributed by atoms with Crippen molar-refractivity contribution in [3.8, 4) is 0 Å². The fourth-order valence-electron chi connectivity index (χ4n) is 2.86. The van der Waals surface area contributed by atoms with E-state index in [0.29, 0.717) is 12.8 Å². The van der Waals surface area contributed by atoms with Crippen molar-refractivity contribution in [3.05, 3.63) is 48.3 Å². The Kier molecular flexibility index (Phi) is 10.5. The van der Waals surface area contributed by atoms with Gasteiger partial charge in [0, 0.05) is 13.3 Å². The van der Waals surface area contributed by atoms with Crippen LogP contribution >= 0.6 is 0 Å². The van der Waals surface area contributed by atoms with Crippen molar-refractivity contribution < 1.29 is 23.9 Å². The number of allylic oxidation sites excluding steroid dienone is 1. The van der Waals surface area contributed by atoms with Crippen LogP contribution in [0.2, 0.25) is 0 Å². The Morgan fingerprint density at radius 1 is 1.11 bits per heavy atom. The maximum atomic E-state index is 13.9. The largest absolute Gasteiger partial charge is 0.480 e. The van der Waals surface area contributed by atoms with Gasteiger partial charge in [-0.2, -0.15) is 0 Å². The monoisotopic (exact) mass is 392 g/mol. The van der Waals surface area contributed by atoms with E-state index in [2.05, 4.69) is 17.2 Å². The minimum Gasteiger partial charge on any atom is -0.480 e. The number of carboxylic acids is 1. The Morgan fingerprint density at radius 2 is 1.79 bits per heavy atom. The first-order chi connectivity index (χ1) is 13.3. The Hall–Kier alpha value is -2.70. The molecule has 0 heterocycles. The second kappa shape index (κ2) is 12.6. The molecule has 7 heteroatoms. The van der Waals surface area contributed by atoms with Crippen LogP contribution in [0.25, 0.3) is 0 Å². The zero-order valence-electron chi connectivity index (χ0n) is 16.2. The molecule has 0 radical (unpaired) electrons. The lowest BCUT2D eigenvalue weighted by atomic mass is 10.0. The Balaban J connectivity index is 2.69. The summed E-state index contributed by atoms with van der Waals surface area (Å²) >= 11 is 0. The van der Waals surface area contributed by atoms with Crippen LogP contribution in [0.5, 0.6) is 0 Å². The van der Waals surface area contributed by atoms with Gasteiger partial charge in [0.05, 0.1) is 0 Å². The zero-order valence-corrected chi connectivity index (χ0v) is 16.2. The van der Waals surface area contributed by atoms with Gasteiger partial charge in [0.1, 0.15) is 17.9 Å². The second-order valence-electron chi connectivity index (χ2n) is 6.73. The number of carboxylic acid groups (broad SMARTS) is 1. The Labute approximate surface area is 165 Å². The van der Waals surface area contributed by atoms with Crippen LogP contribution in [-0.2, 0) is 20.8 Å². The Bertz CT molecular complexity index is 678. The smallest absolute Gasteiger partial charge is 0.326 e. The lowest BCUT2D eigenvalue weighted by molar-refractivity contribution is -0.142. The molecule has 0 fully saturated rings. The van der Waals surface area contributed by atoms with Gasteiger partial charge in [-0.3, -0.25) is 9.59 Å². The van der Waals surface area contributed by atoms with Gasteiger partial charge in [-0.15, -0.1) is 6.58 Å². The lowest BCUT2D eigenvalue weighted by Gasteiger charge is -2.21. The standard InChI is InChI=1S/C21H29FN2O4/c1-3-4-5-6-7-8-13-18(21(27)28)24-20(26)19(23-15(2)25)14-16-11-9-10-12-17(16)22/h3,9-12,18-19H,1,4-8,13-14H2,2H3,(H,23,25)(H,24,26)(H,27,28)/t18-,19+/m0/s1. The molecule has 6 nitrogen and oxygen atoms in total. The van der Waals surface area contributed by atoms with Crippen molar-refractivity contribution in [2.24, 2.45) is 0 Å². The number of hydrogen-bond acceptors (Lipinski definition) is 3. The molecule has 0 bridgehead atoms. The molecular weight excluding hydrogens is 363 g/mol. The summed E-state index contributed by atoms with van der Waals surface area (Å²) in [7, 11) is 0. The van der Waals surface area contributed by atoms with Crippen LogP contribution in [0.3, 0.4) is 0 Å². The van der Waals surface area contributed by atoms with E-state index in [1.54, 1.807) is 6.07 Å². The predicted molar refractivity (Wildman–Crippen MR) is 105 cm³/mol. The first-order valence-electron chi connectivity index (χ1n) is 9.49. The highest BCUT2D eigenvalue weighted by Crippen LogP contribution is 2.11. The fourth-order valence-corrected chi connectivity index (χ4v) is 2.86. The molecular formula is C21H29FN2O4. The van der Waals surface area contributed by atoms with Gasteiger partial charge >= 0.3 is 5.97 Å². The number of rotatable bonds is 13. The number of unbranched alkanes of at least 4 members (excludes halogenated alkanes) is 4. The molecule has 0 saturated heterocycles. The van der Waals surface area contributed by atoms with Crippen LogP contribution in [0.15, 0.2) is 36.9 Å². The summed E-state index contributed by atoms with van der Waals surface area (Å²) < 4.78 is 13.9. The maximum Gasteiger partial charge on any atom is 0.326 e. The molecule has 2 amide bonds. The summed E-state index contributed by atoms with van der Waals surface area (Å²) in [6, 6.07) is 3.85.